The van der Waals surface area contributed by atoms with Crippen molar-refractivity contribution in [2.45, 2.75) is 0 Å². The van der Waals surface area contributed by atoms with Gasteiger partial charge in [-0.1, -0.05) is 0 Å². The molecule has 0 radical (unpaired) electrons. The van der Waals surface area contributed by atoms with E-state index in [1.165, 1.54) is 12.1 Å². The van der Waals surface area contributed by atoms with Crippen molar-refractivity contribution in [1.29, 1.82) is 5.26 Å². The highest BCUT2D eigenvalue weighted by Gasteiger charge is 2.11. The fourth-order valence-corrected chi connectivity index (χ4v) is 3.72. The Labute approximate surface area is 206 Å². The summed E-state index contributed by atoms with van der Waals surface area (Å²) in [6, 6.07) is 23.9. The summed E-state index contributed by atoms with van der Waals surface area (Å²) in [6.07, 6.45) is 5.01. The molecule has 0 bridgehead atoms. The minimum Gasteiger partial charge on any atom is -0.355 e. The molecule has 8 heteroatoms. The first-order valence-corrected chi connectivity index (χ1v) is 11.0. The summed E-state index contributed by atoms with van der Waals surface area (Å²) in [5.74, 6) is -1.00. The first kappa shape index (κ1) is 22.5. The van der Waals surface area contributed by atoms with Crippen LogP contribution in [0.4, 0.5) is 32.8 Å². The highest BCUT2D eigenvalue weighted by molar-refractivity contribution is 6.05. The molecule has 3 aromatic carbocycles. The van der Waals surface area contributed by atoms with Gasteiger partial charge in [0, 0.05) is 58.0 Å². The summed E-state index contributed by atoms with van der Waals surface area (Å²) in [4.78, 5) is 21.2. The van der Waals surface area contributed by atoms with Gasteiger partial charge in [0.05, 0.1) is 17.1 Å². The average Bonchev–Trinajstić information content (AvgIpc) is 2.90. The Morgan fingerprint density at radius 3 is 2.31 bits per heavy atom. The van der Waals surface area contributed by atoms with E-state index < -0.39 is 11.7 Å². The van der Waals surface area contributed by atoms with Crippen molar-refractivity contribution in [2.75, 3.05) is 16.0 Å². The summed E-state index contributed by atoms with van der Waals surface area (Å²) < 4.78 is 14.4. The number of amides is 1. The van der Waals surface area contributed by atoms with Crippen molar-refractivity contribution in [3.8, 4) is 6.07 Å². The normalized spacial score (nSPS) is 10.4. The standard InChI is InChI=1S/C28H19FN6O/c29-20-14-19(28(36)35-22-4-2-21(3-5-22)33-23-7-10-31-11-8-23)15-24(16-20)34-27-9-12-32-26-6-1-18(17-30)13-25(26)27/h1-16H,(H,31,33)(H,32,34)(H,35,36). The van der Waals surface area contributed by atoms with E-state index in [9.17, 15) is 14.4 Å². The molecule has 5 aromatic rings. The molecule has 174 valence electrons. The van der Waals surface area contributed by atoms with Gasteiger partial charge in [-0.3, -0.25) is 14.8 Å². The van der Waals surface area contributed by atoms with E-state index in [2.05, 4.69) is 32.0 Å². The van der Waals surface area contributed by atoms with E-state index >= 15 is 0 Å². The number of aromatic nitrogens is 2. The number of hydrogen-bond acceptors (Lipinski definition) is 6. The molecule has 2 aromatic heterocycles. The fraction of sp³-hybridized carbons (Fsp3) is 0. The quantitative estimate of drug-likeness (QED) is 0.264. The smallest absolute Gasteiger partial charge is 0.255 e. The zero-order valence-electron chi connectivity index (χ0n) is 18.9. The molecule has 1 amide bonds. The number of pyridine rings is 2. The number of carbonyl (C=O) groups is 1. The van der Waals surface area contributed by atoms with Gasteiger partial charge in [-0.2, -0.15) is 5.26 Å². The molecule has 0 spiro atoms. The summed E-state index contributed by atoms with van der Waals surface area (Å²) >= 11 is 0. The maximum Gasteiger partial charge on any atom is 0.255 e. The Bertz CT molecular complexity index is 1600. The van der Waals surface area contributed by atoms with Gasteiger partial charge in [-0.05, 0) is 78.9 Å². The lowest BCUT2D eigenvalue weighted by Crippen LogP contribution is -2.12. The molecule has 0 fully saturated rings. The average molecular weight is 474 g/mol. The number of nitrogens with one attached hydrogen (secondary N) is 3. The molecular formula is C28H19FN6O. The van der Waals surface area contributed by atoms with E-state index in [0.29, 0.717) is 33.5 Å². The third-order valence-corrected chi connectivity index (χ3v) is 5.42. The highest BCUT2D eigenvalue weighted by atomic mass is 19.1. The zero-order valence-corrected chi connectivity index (χ0v) is 18.9. The van der Waals surface area contributed by atoms with Gasteiger partial charge in [0.1, 0.15) is 5.82 Å². The van der Waals surface area contributed by atoms with Crippen LogP contribution in [0.25, 0.3) is 10.9 Å². The van der Waals surface area contributed by atoms with Crippen LogP contribution >= 0.6 is 0 Å². The lowest BCUT2D eigenvalue weighted by molar-refractivity contribution is 0.102. The number of benzene rings is 3. The van der Waals surface area contributed by atoms with Gasteiger partial charge in [-0.25, -0.2) is 4.39 Å². The number of nitrogens with zero attached hydrogens (tertiary/aromatic N) is 3. The predicted octanol–water partition coefficient (Wildman–Crippen LogP) is 6.38. The van der Waals surface area contributed by atoms with Gasteiger partial charge in [0.2, 0.25) is 0 Å². The SMILES string of the molecule is N#Cc1ccc2nccc(Nc3cc(F)cc(C(=O)Nc4ccc(Nc5ccncc5)cc4)c3)c2c1. The van der Waals surface area contributed by atoms with Crippen molar-refractivity contribution in [3.05, 3.63) is 114 Å². The largest absolute Gasteiger partial charge is 0.355 e. The van der Waals surface area contributed by atoms with Crippen LogP contribution in [-0.4, -0.2) is 15.9 Å². The van der Waals surface area contributed by atoms with Crippen molar-refractivity contribution in [3.63, 3.8) is 0 Å². The molecule has 0 atom stereocenters. The molecule has 36 heavy (non-hydrogen) atoms. The van der Waals surface area contributed by atoms with Crippen LogP contribution < -0.4 is 16.0 Å². The molecular weight excluding hydrogens is 455 g/mol. The van der Waals surface area contributed by atoms with Crippen LogP contribution in [0.5, 0.6) is 0 Å². The predicted molar refractivity (Wildman–Crippen MR) is 138 cm³/mol. The highest BCUT2D eigenvalue weighted by Crippen LogP contribution is 2.27. The Morgan fingerprint density at radius 2 is 1.53 bits per heavy atom. The van der Waals surface area contributed by atoms with Crippen molar-refractivity contribution >= 4 is 45.2 Å². The minimum atomic E-state index is -0.557. The second-order valence-corrected chi connectivity index (χ2v) is 7.95. The van der Waals surface area contributed by atoms with Gasteiger partial charge in [0.25, 0.3) is 5.91 Å². The van der Waals surface area contributed by atoms with E-state index in [1.54, 1.807) is 61.1 Å². The Hall–Kier alpha value is -5.29. The van der Waals surface area contributed by atoms with Gasteiger partial charge < -0.3 is 16.0 Å². The third-order valence-electron chi connectivity index (χ3n) is 5.42. The summed E-state index contributed by atoms with van der Waals surface area (Å²) in [6.45, 7) is 0. The fourth-order valence-electron chi connectivity index (χ4n) is 3.72. The van der Waals surface area contributed by atoms with Crippen molar-refractivity contribution in [2.24, 2.45) is 0 Å². The number of fused-ring (bicyclic) bond motifs is 1. The number of carbonyl (C=O) groups excluding carboxylic acids is 1. The van der Waals surface area contributed by atoms with E-state index in [0.717, 1.165) is 11.4 Å². The number of halogens is 1. The molecule has 7 nitrogen and oxygen atoms in total. The number of anilines is 5. The number of hydrogen-bond donors (Lipinski definition) is 3. The van der Waals surface area contributed by atoms with Crippen molar-refractivity contribution in [1.82, 2.24) is 9.97 Å². The zero-order chi connectivity index (χ0) is 24.9. The first-order valence-electron chi connectivity index (χ1n) is 11.0. The summed E-state index contributed by atoms with van der Waals surface area (Å²) in [7, 11) is 0. The number of nitriles is 1. The first-order chi connectivity index (χ1) is 17.6. The van der Waals surface area contributed by atoms with Gasteiger partial charge in [0.15, 0.2) is 0 Å². The topological polar surface area (TPSA) is 103 Å². The van der Waals surface area contributed by atoms with Gasteiger partial charge in [-0.15, -0.1) is 0 Å². The van der Waals surface area contributed by atoms with Crippen LogP contribution in [0, 0.1) is 17.1 Å². The van der Waals surface area contributed by atoms with Crippen LogP contribution in [0.3, 0.4) is 0 Å². The summed E-state index contributed by atoms with van der Waals surface area (Å²) in [5.41, 5.74) is 4.69. The second-order valence-electron chi connectivity index (χ2n) is 7.95. The molecule has 2 heterocycles. The lowest BCUT2D eigenvalue weighted by Gasteiger charge is -2.12. The minimum absolute atomic E-state index is 0.160. The molecule has 3 N–H and O–H groups in total. The Balaban J connectivity index is 1.33. The van der Waals surface area contributed by atoms with E-state index in [4.69, 9.17) is 0 Å². The monoisotopic (exact) mass is 474 g/mol. The molecule has 0 aliphatic heterocycles. The van der Waals surface area contributed by atoms with Gasteiger partial charge >= 0.3 is 0 Å². The van der Waals surface area contributed by atoms with E-state index in [-0.39, 0.29) is 5.56 Å². The maximum absolute atomic E-state index is 14.4. The molecule has 0 saturated heterocycles. The Morgan fingerprint density at radius 1 is 0.778 bits per heavy atom. The van der Waals surface area contributed by atoms with Crippen molar-refractivity contribution < 1.29 is 9.18 Å². The molecule has 0 aliphatic rings. The third kappa shape index (κ3) is 5.11. The number of rotatable bonds is 6. The lowest BCUT2D eigenvalue weighted by atomic mass is 10.1. The van der Waals surface area contributed by atoms with Crippen LogP contribution in [0.2, 0.25) is 0 Å². The van der Waals surface area contributed by atoms with Crippen LogP contribution in [0.15, 0.2) is 97.5 Å². The Kier molecular flexibility index (Phi) is 6.19. The second kappa shape index (κ2) is 9.91. The van der Waals surface area contributed by atoms with E-state index in [1.807, 2.05) is 24.3 Å². The summed E-state index contributed by atoms with van der Waals surface area (Å²) in [5, 5.41) is 19.1. The van der Waals surface area contributed by atoms with Crippen LogP contribution in [-0.2, 0) is 0 Å². The molecule has 0 saturated carbocycles. The maximum atomic E-state index is 14.4. The molecule has 0 aliphatic carbocycles. The molecule has 5 rings (SSSR count). The molecule has 0 unspecified atom stereocenters. The van der Waals surface area contributed by atoms with Crippen LogP contribution in [0.1, 0.15) is 15.9 Å².